The Morgan fingerprint density at radius 1 is 1.39 bits per heavy atom. The highest BCUT2D eigenvalue weighted by atomic mass is 35.5. The molecule has 1 aromatic rings. The lowest BCUT2D eigenvalue weighted by molar-refractivity contribution is -0.117. The van der Waals surface area contributed by atoms with Crippen LogP contribution in [0.3, 0.4) is 0 Å². The van der Waals surface area contributed by atoms with Gasteiger partial charge in [-0.25, -0.2) is 0 Å². The van der Waals surface area contributed by atoms with E-state index in [1.54, 1.807) is 11.8 Å². The number of benzene rings is 1. The summed E-state index contributed by atoms with van der Waals surface area (Å²) < 4.78 is 11.9. The Morgan fingerprint density at radius 3 is 2.61 bits per heavy atom. The maximum absolute atomic E-state index is 12.2. The number of rotatable bonds is 7. The third kappa shape index (κ3) is 8.20. The smallest absolute Gasteiger partial charge is 0.241 e. The van der Waals surface area contributed by atoms with Gasteiger partial charge in [-0.2, -0.15) is 11.8 Å². The van der Waals surface area contributed by atoms with Crippen LogP contribution in [0, 0.1) is 0 Å². The molecule has 1 aromatic carbocycles. The lowest BCUT2D eigenvalue weighted by Crippen LogP contribution is -2.36. The molecule has 132 valence electrons. The van der Waals surface area contributed by atoms with E-state index in [4.69, 9.17) is 5.73 Å². The minimum Gasteiger partial charge on any atom is -0.325 e. The number of nitrogens with one attached hydrogen (secondary N) is 1. The van der Waals surface area contributed by atoms with Crippen LogP contribution in [0.5, 0.6) is 0 Å². The van der Waals surface area contributed by atoms with E-state index >= 15 is 0 Å². The van der Waals surface area contributed by atoms with Gasteiger partial charge in [0.25, 0.3) is 0 Å². The summed E-state index contributed by atoms with van der Waals surface area (Å²) >= 11 is 1.67. The highest BCUT2D eigenvalue weighted by Crippen LogP contribution is 2.19. The number of hydrogen-bond donors (Lipinski definition) is 2. The Kier molecular flexibility index (Phi) is 10.1. The van der Waals surface area contributed by atoms with Crippen molar-refractivity contribution in [1.29, 1.82) is 0 Å². The molecule has 7 heteroatoms. The topological polar surface area (TPSA) is 72.2 Å². The average molecular weight is 379 g/mol. The number of nitrogens with two attached hydrogens (primary N) is 1. The highest BCUT2D eigenvalue weighted by Gasteiger charge is 2.19. The first-order chi connectivity index (χ1) is 10.2. The maximum Gasteiger partial charge on any atom is 0.241 e. The normalized spacial score (nSPS) is 13.8. The second-order valence-electron chi connectivity index (χ2n) is 6.18. The summed E-state index contributed by atoms with van der Waals surface area (Å²) in [6, 6.07) is 6.97. The fourth-order valence-corrected chi connectivity index (χ4v) is 3.12. The molecule has 1 unspecified atom stereocenters. The van der Waals surface area contributed by atoms with Crippen molar-refractivity contribution in [2.75, 3.05) is 17.3 Å². The Bertz CT molecular complexity index is 533. The molecule has 0 aliphatic carbocycles. The molecular formula is C16H27ClN2O2S2. The van der Waals surface area contributed by atoms with E-state index < -0.39 is 16.8 Å². The molecule has 2 atom stereocenters. The minimum absolute atomic E-state index is 0. The molecule has 0 aliphatic heterocycles. The Balaban J connectivity index is 0.00000484. The van der Waals surface area contributed by atoms with Crippen molar-refractivity contribution in [2.24, 2.45) is 5.73 Å². The summed E-state index contributed by atoms with van der Waals surface area (Å²) in [6.07, 6.45) is 2.64. The zero-order valence-corrected chi connectivity index (χ0v) is 16.6. The summed E-state index contributed by atoms with van der Waals surface area (Å²) in [5.41, 5.74) is 7.50. The lowest BCUT2D eigenvalue weighted by atomic mass is 10.2. The predicted molar refractivity (Wildman–Crippen MR) is 105 cm³/mol. The molecule has 0 saturated carbocycles. The maximum atomic E-state index is 12.2. The number of carbonyl (C=O) groups is 1. The van der Waals surface area contributed by atoms with E-state index in [2.05, 4.69) is 5.32 Å². The molecule has 0 spiro atoms. The van der Waals surface area contributed by atoms with E-state index in [1.807, 2.05) is 51.3 Å². The number of amides is 1. The van der Waals surface area contributed by atoms with E-state index in [1.165, 1.54) is 0 Å². The summed E-state index contributed by atoms with van der Waals surface area (Å²) in [6.45, 7) is 5.87. The molecule has 0 bridgehead atoms. The van der Waals surface area contributed by atoms with Crippen LogP contribution in [0.4, 0.5) is 5.69 Å². The van der Waals surface area contributed by atoms with Gasteiger partial charge in [-0.1, -0.05) is 12.1 Å². The third-order valence-electron chi connectivity index (χ3n) is 3.15. The van der Waals surface area contributed by atoms with Crippen LogP contribution in [0.15, 0.2) is 24.3 Å². The van der Waals surface area contributed by atoms with E-state index in [0.29, 0.717) is 17.9 Å². The summed E-state index contributed by atoms with van der Waals surface area (Å²) in [5, 5.41) is 2.83. The van der Waals surface area contributed by atoms with Crippen molar-refractivity contribution in [2.45, 2.75) is 43.7 Å². The van der Waals surface area contributed by atoms with Crippen LogP contribution in [0.25, 0.3) is 0 Å². The number of halogens is 1. The minimum atomic E-state index is -0.962. The van der Waals surface area contributed by atoms with E-state index in [9.17, 15) is 9.00 Å². The van der Waals surface area contributed by atoms with Gasteiger partial charge < -0.3 is 11.1 Å². The zero-order valence-electron chi connectivity index (χ0n) is 14.1. The van der Waals surface area contributed by atoms with Gasteiger partial charge in [0, 0.05) is 27.0 Å². The largest absolute Gasteiger partial charge is 0.325 e. The molecule has 3 N–H and O–H groups in total. The summed E-state index contributed by atoms with van der Waals surface area (Å²) in [4.78, 5) is 12.0. The zero-order chi connectivity index (χ0) is 16.8. The Hall–Kier alpha value is -0.560. The van der Waals surface area contributed by atoms with Gasteiger partial charge in [-0.3, -0.25) is 9.00 Å². The van der Waals surface area contributed by atoms with Crippen molar-refractivity contribution in [3.63, 3.8) is 0 Å². The van der Waals surface area contributed by atoms with Gasteiger partial charge in [-0.15, -0.1) is 12.4 Å². The summed E-state index contributed by atoms with van der Waals surface area (Å²) in [7, 11) is -0.962. The first-order valence-electron chi connectivity index (χ1n) is 7.27. The monoisotopic (exact) mass is 378 g/mol. The van der Waals surface area contributed by atoms with Crippen molar-refractivity contribution in [3.05, 3.63) is 29.8 Å². The number of hydrogen-bond acceptors (Lipinski definition) is 4. The van der Waals surface area contributed by atoms with Crippen molar-refractivity contribution >= 4 is 46.6 Å². The van der Waals surface area contributed by atoms with E-state index in [-0.39, 0.29) is 23.1 Å². The number of carbonyl (C=O) groups excluding carboxylic acids is 1. The SMILES string of the molecule is CSCC[C@H](N)C(=O)Nc1cccc(CS(=O)C(C)(C)C)c1.Cl. The van der Waals surface area contributed by atoms with Crippen LogP contribution in [-0.4, -0.2) is 32.9 Å². The van der Waals surface area contributed by atoms with Crippen LogP contribution >= 0.6 is 24.2 Å². The number of anilines is 1. The summed E-state index contributed by atoms with van der Waals surface area (Å²) in [5.74, 6) is 1.16. The highest BCUT2D eigenvalue weighted by molar-refractivity contribution is 7.98. The van der Waals surface area contributed by atoms with Crippen molar-refractivity contribution < 1.29 is 9.00 Å². The molecule has 23 heavy (non-hydrogen) atoms. The fraction of sp³-hybridized carbons (Fsp3) is 0.562. The third-order valence-corrected chi connectivity index (χ3v) is 5.75. The quantitative estimate of drug-likeness (QED) is 0.764. The molecule has 0 radical (unpaired) electrons. The van der Waals surface area contributed by atoms with E-state index in [0.717, 1.165) is 11.3 Å². The second-order valence-corrected chi connectivity index (χ2v) is 9.37. The molecule has 0 aliphatic rings. The molecule has 1 amide bonds. The molecule has 0 heterocycles. The first-order valence-corrected chi connectivity index (χ1v) is 9.98. The van der Waals surface area contributed by atoms with Gasteiger partial charge >= 0.3 is 0 Å². The molecule has 4 nitrogen and oxygen atoms in total. The molecular weight excluding hydrogens is 352 g/mol. The van der Waals surface area contributed by atoms with Crippen molar-refractivity contribution in [3.8, 4) is 0 Å². The van der Waals surface area contributed by atoms with Gasteiger partial charge in [-0.05, 0) is 56.9 Å². The number of thioether (sulfide) groups is 1. The molecule has 0 saturated heterocycles. The molecule has 0 fully saturated rings. The lowest BCUT2D eigenvalue weighted by Gasteiger charge is -2.18. The fourth-order valence-electron chi connectivity index (χ4n) is 1.72. The second kappa shape index (κ2) is 10.3. The molecule has 1 rings (SSSR count). The van der Waals surface area contributed by atoms with Crippen LogP contribution in [0.2, 0.25) is 0 Å². The van der Waals surface area contributed by atoms with Gasteiger partial charge in [0.1, 0.15) is 0 Å². The Morgan fingerprint density at radius 2 is 2.04 bits per heavy atom. The molecule has 0 aromatic heterocycles. The Labute approximate surface area is 152 Å². The van der Waals surface area contributed by atoms with Gasteiger partial charge in [0.05, 0.1) is 6.04 Å². The van der Waals surface area contributed by atoms with Crippen LogP contribution in [0.1, 0.15) is 32.8 Å². The van der Waals surface area contributed by atoms with Gasteiger partial charge in [0.2, 0.25) is 5.91 Å². The van der Waals surface area contributed by atoms with Crippen LogP contribution < -0.4 is 11.1 Å². The first kappa shape index (κ1) is 22.4. The van der Waals surface area contributed by atoms with Gasteiger partial charge in [0.15, 0.2) is 0 Å². The standard InChI is InChI=1S/C16H26N2O2S2.ClH/c1-16(2,3)22(20)11-12-6-5-7-13(10-12)18-15(19)14(17)8-9-21-4;/h5-7,10,14H,8-9,11,17H2,1-4H3,(H,18,19);1H/t14-,22?;/m0./s1. The van der Waals surface area contributed by atoms with Crippen LogP contribution in [-0.2, 0) is 21.3 Å². The predicted octanol–water partition coefficient (Wildman–Crippen LogP) is 3.17. The average Bonchev–Trinajstić information content (AvgIpc) is 2.44. The van der Waals surface area contributed by atoms with Crippen molar-refractivity contribution in [1.82, 2.24) is 0 Å².